The summed E-state index contributed by atoms with van der Waals surface area (Å²) in [6.07, 6.45) is -4.62. The van der Waals surface area contributed by atoms with Crippen LogP contribution in [0.5, 0.6) is 0 Å². The predicted molar refractivity (Wildman–Crippen MR) is 69.7 cm³/mol. The van der Waals surface area contributed by atoms with Gasteiger partial charge in [0.05, 0.1) is 7.11 Å². The van der Waals surface area contributed by atoms with Gasteiger partial charge in [-0.25, -0.2) is 4.79 Å². The number of aromatic nitrogens is 2. The van der Waals surface area contributed by atoms with Gasteiger partial charge < -0.3 is 10.1 Å². The minimum atomic E-state index is -4.62. The monoisotopic (exact) mass is 317 g/mol. The molecule has 0 spiro atoms. The molecule has 1 aromatic heterocycles. The Morgan fingerprint density at radius 2 is 2.00 bits per heavy atom. The number of methoxy groups -OCH3 is 1. The van der Waals surface area contributed by atoms with Crippen molar-refractivity contribution in [2.45, 2.75) is 12.2 Å². The Balaban J connectivity index is 2.24. The van der Waals surface area contributed by atoms with E-state index in [2.05, 4.69) is 19.4 Å². The molecule has 9 heteroatoms. The molecule has 0 aliphatic carbocycles. The maximum absolute atomic E-state index is 12.4. The van der Waals surface area contributed by atoms with Crippen molar-refractivity contribution < 1.29 is 22.7 Å². The third-order valence-corrected chi connectivity index (χ3v) is 3.16. The van der Waals surface area contributed by atoms with Crippen LogP contribution in [0.25, 0.3) is 0 Å². The molecule has 1 N–H and O–H groups in total. The Hall–Kier alpha value is -2.16. The molecule has 0 bridgehead atoms. The molecule has 0 aliphatic rings. The van der Waals surface area contributed by atoms with E-state index in [1.807, 2.05) is 0 Å². The number of nitrogens with zero attached hydrogens (tertiary/aromatic N) is 2. The van der Waals surface area contributed by atoms with E-state index in [9.17, 15) is 18.0 Å². The van der Waals surface area contributed by atoms with Crippen LogP contribution in [0.1, 0.15) is 17.4 Å². The lowest BCUT2D eigenvalue weighted by molar-refractivity contribution is -0.144. The first kappa shape index (κ1) is 15.2. The van der Waals surface area contributed by atoms with Gasteiger partial charge in [-0.2, -0.15) is 22.5 Å². The highest BCUT2D eigenvalue weighted by Crippen LogP contribution is 2.30. The van der Waals surface area contributed by atoms with Crippen molar-refractivity contribution in [2.24, 2.45) is 0 Å². The van der Waals surface area contributed by atoms with E-state index in [1.54, 1.807) is 30.3 Å². The summed E-state index contributed by atoms with van der Waals surface area (Å²) in [5.41, 5.74) is 0.549. The fourth-order valence-electron chi connectivity index (χ4n) is 1.56. The Morgan fingerprint density at radius 3 is 2.52 bits per heavy atom. The smallest absolute Gasteiger partial charge is 0.452 e. The van der Waals surface area contributed by atoms with E-state index < -0.39 is 24.0 Å². The van der Waals surface area contributed by atoms with Crippen molar-refractivity contribution in [1.82, 2.24) is 9.36 Å². The van der Waals surface area contributed by atoms with Crippen LogP contribution in [-0.2, 0) is 15.7 Å². The Bertz CT molecular complexity index is 616. The lowest BCUT2D eigenvalue weighted by atomic mass is 10.1. The maximum Gasteiger partial charge on any atom is 0.452 e. The van der Waals surface area contributed by atoms with Crippen molar-refractivity contribution in [3.8, 4) is 0 Å². The van der Waals surface area contributed by atoms with Gasteiger partial charge in [0.15, 0.2) is 6.04 Å². The second-order valence-electron chi connectivity index (χ2n) is 3.93. The second kappa shape index (κ2) is 6.08. The topological polar surface area (TPSA) is 64.1 Å². The van der Waals surface area contributed by atoms with Crippen molar-refractivity contribution in [3.63, 3.8) is 0 Å². The fourth-order valence-corrected chi connectivity index (χ4v) is 2.18. The summed E-state index contributed by atoms with van der Waals surface area (Å²) < 4.78 is 45.2. The molecule has 21 heavy (non-hydrogen) atoms. The number of alkyl halides is 3. The summed E-state index contributed by atoms with van der Waals surface area (Å²) in [4.78, 5) is 15.1. The Morgan fingerprint density at radius 1 is 1.33 bits per heavy atom. The van der Waals surface area contributed by atoms with Crippen LogP contribution in [0.4, 0.5) is 18.3 Å². The Labute approximate surface area is 121 Å². The van der Waals surface area contributed by atoms with Crippen molar-refractivity contribution in [3.05, 3.63) is 41.7 Å². The first-order valence-corrected chi connectivity index (χ1v) is 6.49. The van der Waals surface area contributed by atoms with Gasteiger partial charge in [-0.3, -0.25) is 0 Å². The number of hydrogen-bond acceptors (Lipinski definition) is 6. The summed E-state index contributed by atoms with van der Waals surface area (Å²) in [7, 11) is 1.20. The molecule has 5 nitrogen and oxygen atoms in total. The number of esters is 1. The van der Waals surface area contributed by atoms with Crippen LogP contribution in [0.3, 0.4) is 0 Å². The minimum Gasteiger partial charge on any atom is -0.467 e. The molecule has 0 saturated heterocycles. The number of benzene rings is 1. The second-order valence-corrected chi connectivity index (χ2v) is 4.68. The van der Waals surface area contributed by atoms with E-state index in [1.165, 1.54) is 7.11 Å². The summed E-state index contributed by atoms with van der Waals surface area (Å²) >= 11 is 0.527. The minimum absolute atomic E-state index is 0.110. The van der Waals surface area contributed by atoms with Crippen LogP contribution in [0.15, 0.2) is 30.3 Å². The molecule has 2 aromatic rings. The van der Waals surface area contributed by atoms with Crippen LogP contribution in [0, 0.1) is 0 Å². The molecule has 0 amide bonds. The number of carbonyl (C=O) groups excluding carboxylic acids is 1. The molecule has 0 aliphatic heterocycles. The van der Waals surface area contributed by atoms with Gasteiger partial charge in [-0.05, 0) is 5.56 Å². The molecule has 1 unspecified atom stereocenters. The van der Waals surface area contributed by atoms with E-state index in [-0.39, 0.29) is 5.13 Å². The zero-order valence-corrected chi connectivity index (χ0v) is 11.5. The normalized spacial score (nSPS) is 12.8. The van der Waals surface area contributed by atoms with E-state index >= 15 is 0 Å². The van der Waals surface area contributed by atoms with Gasteiger partial charge >= 0.3 is 12.1 Å². The van der Waals surface area contributed by atoms with E-state index in [0.29, 0.717) is 17.1 Å². The number of carbonyl (C=O) groups is 1. The third-order valence-electron chi connectivity index (χ3n) is 2.52. The molecule has 0 fully saturated rings. The van der Waals surface area contributed by atoms with Gasteiger partial charge in [0.2, 0.25) is 11.0 Å². The van der Waals surface area contributed by atoms with Crippen molar-refractivity contribution in [2.75, 3.05) is 12.4 Å². The van der Waals surface area contributed by atoms with Gasteiger partial charge in [-0.1, -0.05) is 30.3 Å². The highest BCUT2D eigenvalue weighted by Gasteiger charge is 2.36. The lowest BCUT2D eigenvalue weighted by Gasteiger charge is -2.15. The molecular formula is C12H10F3N3O2S. The van der Waals surface area contributed by atoms with E-state index in [0.717, 1.165) is 0 Å². The zero-order valence-electron chi connectivity index (χ0n) is 10.7. The molecule has 1 heterocycles. The average molecular weight is 317 g/mol. The van der Waals surface area contributed by atoms with Crippen molar-refractivity contribution in [1.29, 1.82) is 0 Å². The highest BCUT2D eigenvalue weighted by molar-refractivity contribution is 7.09. The molecule has 1 atom stereocenters. The SMILES string of the molecule is COC(=O)C(Nc1nc(C(F)(F)F)ns1)c1ccccc1. The molecule has 112 valence electrons. The van der Waals surface area contributed by atoms with Gasteiger partial charge in [0, 0.05) is 11.5 Å². The summed E-state index contributed by atoms with van der Waals surface area (Å²) in [5, 5.41) is 2.50. The lowest BCUT2D eigenvalue weighted by Crippen LogP contribution is -2.22. The standard InChI is InChI=1S/C12H10F3N3O2S/c1-20-9(19)8(7-5-3-2-4-6-7)16-11-17-10(18-21-11)12(13,14)15/h2-6,8H,1H3,(H,16,17,18). The maximum atomic E-state index is 12.4. The molecule has 0 saturated carbocycles. The number of anilines is 1. The predicted octanol–water partition coefficient (Wildman–Crippen LogP) is 2.88. The number of rotatable bonds is 4. The van der Waals surface area contributed by atoms with Crippen LogP contribution >= 0.6 is 11.5 Å². The number of halogens is 3. The first-order chi connectivity index (χ1) is 9.91. The van der Waals surface area contributed by atoms with Crippen LogP contribution < -0.4 is 5.32 Å². The largest absolute Gasteiger partial charge is 0.467 e. The van der Waals surface area contributed by atoms with Crippen molar-refractivity contribution >= 4 is 22.6 Å². The van der Waals surface area contributed by atoms with Gasteiger partial charge in [0.25, 0.3) is 0 Å². The summed E-state index contributed by atoms with van der Waals surface area (Å²) in [6.45, 7) is 0. The quantitative estimate of drug-likeness (QED) is 0.879. The van der Waals surface area contributed by atoms with Crippen LogP contribution in [0.2, 0.25) is 0 Å². The molecular weight excluding hydrogens is 307 g/mol. The first-order valence-electron chi connectivity index (χ1n) is 5.72. The molecule has 0 radical (unpaired) electrons. The van der Waals surface area contributed by atoms with Gasteiger partial charge in [-0.15, -0.1) is 0 Å². The number of nitrogens with one attached hydrogen (secondary N) is 1. The number of ether oxygens (including phenoxy) is 1. The third kappa shape index (κ3) is 3.69. The zero-order chi connectivity index (χ0) is 15.5. The summed E-state index contributed by atoms with van der Waals surface area (Å²) in [6, 6.07) is 7.51. The van der Waals surface area contributed by atoms with Gasteiger partial charge in [0.1, 0.15) is 0 Å². The van der Waals surface area contributed by atoms with E-state index in [4.69, 9.17) is 0 Å². The molecule has 2 rings (SSSR count). The highest BCUT2D eigenvalue weighted by atomic mass is 32.1. The van der Waals surface area contributed by atoms with Crippen LogP contribution in [-0.4, -0.2) is 22.4 Å². The summed E-state index contributed by atoms with van der Waals surface area (Å²) in [5.74, 6) is -1.88. The Kier molecular flexibility index (Phi) is 4.41. The fraction of sp³-hybridized carbons (Fsp3) is 0.250. The molecule has 1 aromatic carbocycles. The number of hydrogen-bond donors (Lipinski definition) is 1. The average Bonchev–Trinajstić information content (AvgIpc) is 2.93.